The molecule has 0 unspecified atom stereocenters. The van der Waals surface area contributed by atoms with E-state index in [1.807, 2.05) is 0 Å². The average molecular weight is 714 g/mol. The van der Waals surface area contributed by atoms with Crippen LogP contribution in [0.15, 0.2) is 78.9 Å². The highest BCUT2D eigenvalue weighted by atomic mass is 16.3. The van der Waals surface area contributed by atoms with Gasteiger partial charge in [-0.15, -0.1) is 0 Å². The number of rotatable bonds is 5. The van der Waals surface area contributed by atoms with Gasteiger partial charge < -0.3 is 55.6 Å². The Hall–Kier alpha value is -7.54. The number of nitrogens with zero attached hydrogens (tertiary/aromatic N) is 1. The molecule has 0 fully saturated rings. The van der Waals surface area contributed by atoms with Crippen molar-refractivity contribution in [2.45, 2.75) is 13.0 Å². The summed E-state index contributed by atoms with van der Waals surface area (Å²) in [6.07, 6.45) is 0.118. The lowest BCUT2D eigenvalue weighted by atomic mass is 9.79. The summed E-state index contributed by atoms with van der Waals surface area (Å²) in [6.45, 7) is -0.0393. The van der Waals surface area contributed by atoms with Gasteiger partial charge in [0.2, 0.25) is 0 Å². The van der Waals surface area contributed by atoms with Crippen LogP contribution in [-0.4, -0.2) is 67.2 Å². The molecule has 0 amide bonds. The Morgan fingerprint density at radius 1 is 0.396 bits per heavy atom. The number of carbonyl (C=O) groups excluding carboxylic acids is 2. The second-order valence-corrected chi connectivity index (χ2v) is 12.8. The predicted molar refractivity (Wildman–Crippen MR) is 188 cm³/mol. The maximum Gasteiger partial charge on any atom is 0.196 e. The van der Waals surface area contributed by atoms with E-state index in [1.165, 1.54) is 48.5 Å². The van der Waals surface area contributed by atoms with Crippen molar-refractivity contribution in [3.63, 3.8) is 0 Å². The van der Waals surface area contributed by atoms with E-state index in [4.69, 9.17) is 0 Å². The van der Waals surface area contributed by atoms with E-state index < -0.39 is 63.3 Å². The quantitative estimate of drug-likeness (QED) is 0.114. The van der Waals surface area contributed by atoms with Crippen LogP contribution in [0.1, 0.15) is 37.4 Å². The highest BCUT2D eigenvalue weighted by Crippen LogP contribution is 2.46. The molecular formula is C40H27NO12. The summed E-state index contributed by atoms with van der Waals surface area (Å²) in [7, 11) is 0. The summed E-state index contributed by atoms with van der Waals surface area (Å²) in [5, 5.41) is 105. The zero-order valence-electron chi connectivity index (χ0n) is 27.2. The molecule has 1 aromatic heterocycles. The second-order valence-electron chi connectivity index (χ2n) is 12.8. The van der Waals surface area contributed by atoms with Crippen molar-refractivity contribution in [1.29, 1.82) is 0 Å². The van der Waals surface area contributed by atoms with Gasteiger partial charge in [0.05, 0.1) is 21.8 Å². The number of ketones is 2. The molecule has 0 bridgehead atoms. The van der Waals surface area contributed by atoms with Crippen molar-refractivity contribution >= 4 is 22.7 Å². The number of aryl methyl sites for hydroxylation is 1. The van der Waals surface area contributed by atoms with Crippen LogP contribution in [0.3, 0.4) is 0 Å². The van der Waals surface area contributed by atoms with Crippen LogP contribution < -0.4 is 10.7 Å². The normalized spacial score (nSPS) is 13.1. The van der Waals surface area contributed by atoms with Crippen LogP contribution in [0, 0.1) is 0 Å². The number of hydrogen-bond donors (Lipinski definition) is 10. The molecule has 13 nitrogen and oxygen atoms in total. The Morgan fingerprint density at radius 3 is 1.15 bits per heavy atom. The lowest BCUT2D eigenvalue weighted by molar-refractivity contribution is 0.104. The number of fused-ring (bicyclic) bond motifs is 7. The number of benzene rings is 5. The van der Waals surface area contributed by atoms with Gasteiger partial charge in [-0.1, -0.05) is 18.2 Å². The predicted octanol–water partition coefficient (Wildman–Crippen LogP) is 3.91. The number of Topliss-reactive ketones (excluding diaryl/α,β-unsaturated/α-hetero) is 2. The molecule has 2 aliphatic rings. The van der Waals surface area contributed by atoms with Crippen LogP contribution in [0.2, 0.25) is 0 Å². The molecule has 264 valence electrons. The van der Waals surface area contributed by atoms with Gasteiger partial charge in [-0.05, 0) is 94.9 Å². The lowest BCUT2D eigenvalue weighted by Gasteiger charge is -2.21. The molecule has 5 aromatic carbocycles. The lowest BCUT2D eigenvalue weighted by Crippen LogP contribution is -2.36. The maximum atomic E-state index is 14.6. The highest BCUT2D eigenvalue weighted by Gasteiger charge is 2.38. The molecule has 8 rings (SSSR count). The van der Waals surface area contributed by atoms with Gasteiger partial charge >= 0.3 is 0 Å². The first kappa shape index (κ1) is 32.7. The van der Waals surface area contributed by atoms with Crippen molar-refractivity contribution in [2.75, 3.05) is 0 Å². The summed E-state index contributed by atoms with van der Waals surface area (Å²) in [4.78, 5) is 29.3. The van der Waals surface area contributed by atoms with Gasteiger partial charge in [0, 0.05) is 28.8 Å². The fraction of sp³-hybridized carbons (Fsp3) is 0.0500. The molecule has 6 aromatic rings. The van der Waals surface area contributed by atoms with Crippen LogP contribution in [0.5, 0.6) is 57.5 Å². The van der Waals surface area contributed by atoms with Crippen LogP contribution in [0.4, 0.5) is 0 Å². The smallest absolute Gasteiger partial charge is 0.196 e. The Morgan fingerprint density at radius 2 is 0.755 bits per heavy atom. The highest BCUT2D eigenvalue weighted by molar-refractivity contribution is 6.36. The summed E-state index contributed by atoms with van der Waals surface area (Å²) >= 11 is 0. The van der Waals surface area contributed by atoms with Gasteiger partial charge in [0.25, 0.3) is 0 Å². The van der Waals surface area contributed by atoms with Gasteiger partial charge in [0.15, 0.2) is 69.1 Å². The number of hydrogen-bond acceptors (Lipinski definition) is 12. The third-order valence-corrected chi connectivity index (χ3v) is 9.64. The number of aromatic nitrogens is 1. The molecule has 0 saturated carbocycles. The molecule has 53 heavy (non-hydrogen) atoms. The minimum atomic E-state index is -0.671. The SMILES string of the molecule is O=C1C(c2ccc(O)c(O)c2)=c2c(c3c(n2CCc2ccc(O)c(O)c2)=C(c2ccc(O)c(O)c2)C(=O)c2cc(O)c(O)cc2-3)-c2cc(O)c(O)cc21. The third-order valence-electron chi connectivity index (χ3n) is 9.64. The molecule has 1 heterocycles. The average Bonchev–Trinajstić information content (AvgIpc) is 3.44. The zero-order chi connectivity index (χ0) is 37.6. The molecule has 0 atom stereocenters. The molecule has 2 aliphatic carbocycles. The number of phenols is 10. The van der Waals surface area contributed by atoms with Crippen molar-refractivity contribution in [2.24, 2.45) is 0 Å². The van der Waals surface area contributed by atoms with E-state index in [9.17, 15) is 60.7 Å². The fourth-order valence-electron chi connectivity index (χ4n) is 7.17. The molecule has 10 N–H and O–H groups in total. The maximum absolute atomic E-state index is 14.6. The van der Waals surface area contributed by atoms with Gasteiger partial charge in [-0.3, -0.25) is 9.59 Å². The van der Waals surface area contributed by atoms with Gasteiger partial charge in [0.1, 0.15) is 0 Å². The monoisotopic (exact) mass is 713 g/mol. The standard InChI is InChI=1S/C40H27NO12/c42-23-4-1-16(9-26(23)45)7-8-41-37-33(17-2-5-24(43)27(46)10-17)39(52)21-14-31(50)29(48)12-19(21)35(37)36-20-13-30(49)32(51)15-22(20)40(53)34(38(36)41)18-3-6-25(44)28(47)11-18/h1-6,9-15,42-51H,7-8H2. The van der Waals surface area contributed by atoms with Crippen molar-refractivity contribution in [1.82, 2.24) is 4.57 Å². The van der Waals surface area contributed by atoms with E-state index in [0.29, 0.717) is 5.56 Å². The van der Waals surface area contributed by atoms with Gasteiger partial charge in [-0.2, -0.15) is 0 Å². The first-order chi connectivity index (χ1) is 25.2. The van der Waals surface area contributed by atoms with Crippen LogP contribution in [-0.2, 0) is 13.0 Å². The number of aromatic hydroxyl groups is 10. The van der Waals surface area contributed by atoms with Gasteiger partial charge in [-0.25, -0.2) is 0 Å². The van der Waals surface area contributed by atoms with E-state index in [0.717, 1.165) is 24.3 Å². The Kier molecular flexibility index (Phi) is 7.08. The number of phenolic OH excluding ortho intramolecular Hbond substituents is 10. The molecule has 13 heteroatoms. The first-order valence-corrected chi connectivity index (χ1v) is 16.0. The fourth-order valence-corrected chi connectivity index (χ4v) is 7.17. The topological polar surface area (TPSA) is 241 Å². The molecular weight excluding hydrogens is 686 g/mol. The summed E-state index contributed by atoms with van der Waals surface area (Å²) in [5.41, 5.74) is 1.20. The molecule has 0 radical (unpaired) electrons. The minimum Gasteiger partial charge on any atom is -0.504 e. The number of carbonyl (C=O) groups is 2. The summed E-state index contributed by atoms with van der Waals surface area (Å²) < 4.78 is 1.63. The summed E-state index contributed by atoms with van der Waals surface area (Å²) in [5.74, 6) is -6.53. The molecule has 0 aliphatic heterocycles. The Balaban J connectivity index is 1.64. The van der Waals surface area contributed by atoms with Crippen LogP contribution in [0.25, 0.3) is 33.4 Å². The molecule has 0 saturated heterocycles. The van der Waals surface area contributed by atoms with Crippen molar-refractivity contribution in [3.05, 3.63) is 117 Å². The Labute approximate surface area is 297 Å². The second kappa shape index (κ2) is 11.5. The molecule has 0 spiro atoms. The van der Waals surface area contributed by atoms with Crippen molar-refractivity contribution < 1.29 is 60.7 Å². The summed E-state index contributed by atoms with van der Waals surface area (Å²) in [6, 6.07) is 16.2. The first-order valence-electron chi connectivity index (χ1n) is 16.0. The minimum absolute atomic E-state index is 0.0393. The van der Waals surface area contributed by atoms with E-state index in [-0.39, 0.29) is 85.1 Å². The Bertz CT molecular complexity index is 2620. The van der Waals surface area contributed by atoms with E-state index in [2.05, 4.69) is 0 Å². The largest absolute Gasteiger partial charge is 0.504 e. The zero-order valence-corrected chi connectivity index (χ0v) is 27.2. The van der Waals surface area contributed by atoms with E-state index in [1.54, 1.807) is 10.6 Å². The van der Waals surface area contributed by atoms with Crippen LogP contribution >= 0.6 is 0 Å². The third kappa shape index (κ3) is 4.86. The van der Waals surface area contributed by atoms with E-state index >= 15 is 0 Å². The van der Waals surface area contributed by atoms with Crippen molar-refractivity contribution in [3.8, 4) is 79.7 Å².